The molecule has 1 aromatic carbocycles. The van der Waals surface area contributed by atoms with Crippen LogP contribution < -0.4 is 10.6 Å². The van der Waals surface area contributed by atoms with Gasteiger partial charge in [0.15, 0.2) is 0 Å². The maximum absolute atomic E-state index is 6.29. The van der Waals surface area contributed by atoms with Gasteiger partial charge in [-0.05, 0) is 29.2 Å². The minimum absolute atomic E-state index is 0. The minimum Gasteiger partial charge on any atom is -0.377 e. The van der Waals surface area contributed by atoms with Crippen LogP contribution in [-0.4, -0.2) is 14.1 Å². The fourth-order valence-corrected chi connectivity index (χ4v) is 1.83. The molecule has 1 atom stereocenters. The molecule has 0 bridgehead atoms. The second kappa shape index (κ2) is 5.94. The Morgan fingerprint density at radius 3 is 2.18 bits per heavy atom. The van der Waals surface area contributed by atoms with Crippen LogP contribution in [0.2, 0.25) is 5.02 Å². The van der Waals surface area contributed by atoms with Gasteiger partial charge in [-0.15, -0.1) is 12.4 Å². The van der Waals surface area contributed by atoms with Gasteiger partial charge in [0.05, 0.1) is 0 Å². The van der Waals surface area contributed by atoms with Gasteiger partial charge >= 0.3 is 0 Å². The van der Waals surface area contributed by atoms with E-state index in [2.05, 4.69) is 25.7 Å². The summed E-state index contributed by atoms with van der Waals surface area (Å²) in [5.74, 6) is 0. The molecule has 0 heterocycles. The van der Waals surface area contributed by atoms with E-state index in [4.69, 9.17) is 17.3 Å². The Morgan fingerprint density at radius 2 is 1.76 bits per heavy atom. The van der Waals surface area contributed by atoms with Crippen molar-refractivity contribution in [3.8, 4) is 0 Å². The second-order valence-electron chi connectivity index (χ2n) is 5.44. The molecule has 2 N–H and O–H groups in total. The van der Waals surface area contributed by atoms with Crippen molar-refractivity contribution in [2.45, 2.75) is 26.8 Å². The fourth-order valence-electron chi connectivity index (χ4n) is 1.65. The van der Waals surface area contributed by atoms with Crippen LogP contribution in [0.3, 0.4) is 0 Å². The van der Waals surface area contributed by atoms with Gasteiger partial charge in [-0.2, -0.15) is 0 Å². The molecule has 0 aromatic heterocycles. The van der Waals surface area contributed by atoms with Crippen molar-refractivity contribution >= 4 is 29.7 Å². The zero-order valence-corrected chi connectivity index (χ0v) is 12.7. The number of benzene rings is 1. The van der Waals surface area contributed by atoms with Crippen molar-refractivity contribution in [3.63, 3.8) is 0 Å². The van der Waals surface area contributed by atoms with Gasteiger partial charge in [0.25, 0.3) is 0 Å². The minimum atomic E-state index is -0.0244. The molecule has 1 rings (SSSR count). The van der Waals surface area contributed by atoms with E-state index < -0.39 is 0 Å². The molecule has 0 fully saturated rings. The molecule has 0 aliphatic rings. The number of hydrogen-bond donors (Lipinski definition) is 1. The fraction of sp³-hybridized carbons (Fsp3) is 0.538. The van der Waals surface area contributed by atoms with Crippen LogP contribution in [0.25, 0.3) is 0 Å². The highest BCUT2D eigenvalue weighted by molar-refractivity contribution is 6.30. The molecule has 0 amide bonds. The Kier molecular flexibility index (Phi) is 5.79. The van der Waals surface area contributed by atoms with Gasteiger partial charge in [-0.3, -0.25) is 0 Å². The van der Waals surface area contributed by atoms with E-state index in [1.54, 1.807) is 0 Å². The molecular formula is C13H22Cl2N2. The van der Waals surface area contributed by atoms with Crippen LogP contribution in [0.4, 0.5) is 5.69 Å². The lowest BCUT2D eigenvalue weighted by Gasteiger charge is -2.31. The lowest BCUT2D eigenvalue weighted by atomic mass is 9.82. The molecule has 4 heteroatoms. The maximum atomic E-state index is 6.29. The number of nitrogens with two attached hydrogens (primary N) is 1. The summed E-state index contributed by atoms with van der Waals surface area (Å²) in [4.78, 5) is 2.07. The molecule has 0 aliphatic carbocycles. The summed E-state index contributed by atoms with van der Waals surface area (Å²) < 4.78 is 0. The summed E-state index contributed by atoms with van der Waals surface area (Å²) in [6.07, 6.45) is 0. The Bertz CT molecular complexity index is 370. The molecule has 0 saturated carbocycles. The first-order valence-electron chi connectivity index (χ1n) is 5.46. The molecular weight excluding hydrogens is 255 g/mol. The predicted molar refractivity (Wildman–Crippen MR) is 79.4 cm³/mol. The van der Waals surface area contributed by atoms with Gasteiger partial charge in [-0.25, -0.2) is 0 Å². The number of hydrogen-bond acceptors (Lipinski definition) is 2. The average Bonchev–Trinajstić information content (AvgIpc) is 2.14. The summed E-state index contributed by atoms with van der Waals surface area (Å²) in [5.41, 5.74) is 8.55. The number of halogens is 2. The van der Waals surface area contributed by atoms with E-state index in [0.29, 0.717) is 0 Å². The van der Waals surface area contributed by atoms with Crippen LogP contribution >= 0.6 is 24.0 Å². The normalized spacial score (nSPS) is 12.9. The topological polar surface area (TPSA) is 29.3 Å². The van der Waals surface area contributed by atoms with Crippen LogP contribution in [0, 0.1) is 5.41 Å². The van der Waals surface area contributed by atoms with Gasteiger partial charge < -0.3 is 10.6 Å². The largest absolute Gasteiger partial charge is 0.377 e. The third-order valence-electron chi connectivity index (χ3n) is 2.74. The Morgan fingerprint density at radius 1 is 1.24 bits per heavy atom. The SMILES string of the molecule is CN(C)c1ccc(Cl)cc1[C@@H](N)C(C)(C)C.Cl. The summed E-state index contributed by atoms with van der Waals surface area (Å²) in [7, 11) is 4.03. The predicted octanol–water partition coefficient (Wildman–Crippen LogP) is 3.87. The zero-order valence-electron chi connectivity index (χ0n) is 11.1. The first-order valence-corrected chi connectivity index (χ1v) is 5.83. The quantitative estimate of drug-likeness (QED) is 0.889. The van der Waals surface area contributed by atoms with E-state index in [0.717, 1.165) is 16.3 Å². The van der Waals surface area contributed by atoms with Crippen molar-refractivity contribution in [3.05, 3.63) is 28.8 Å². The highest BCUT2D eigenvalue weighted by Crippen LogP contribution is 2.36. The molecule has 98 valence electrons. The molecule has 0 aliphatic heterocycles. The maximum Gasteiger partial charge on any atom is 0.0410 e. The third-order valence-corrected chi connectivity index (χ3v) is 2.97. The van der Waals surface area contributed by atoms with Gasteiger partial charge in [0.2, 0.25) is 0 Å². The summed E-state index contributed by atoms with van der Waals surface area (Å²) in [6.45, 7) is 6.41. The molecule has 1 aromatic rings. The summed E-state index contributed by atoms with van der Waals surface area (Å²) >= 11 is 6.04. The summed E-state index contributed by atoms with van der Waals surface area (Å²) in [6, 6.07) is 5.86. The number of anilines is 1. The Hall–Kier alpha value is -0.440. The van der Waals surface area contributed by atoms with E-state index in [9.17, 15) is 0 Å². The first-order chi connectivity index (χ1) is 7.23. The molecule has 0 saturated heterocycles. The van der Waals surface area contributed by atoms with Gasteiger partial charge in [0, 0.05) is 30.8 Å². The molecule has 17 heavy (non-hydrogen) atoms. The molecule has 0 radical (unpaired) electrons. The van der Waals surface area contributed by atoms with Crippen molar-refractivity contribution in [2.24, 2.45) is 11.1 Å². The zero-order chi connectivity index (χ0) is 12.5. The van der Waals surface area contributed by atoms with E-state index in [1.165, 1.54) is 0 Å². The number of rotatable bonds is 2. The highest BCUT2D eigenvalue weighted by atomic mass is 35.5. The Balaban J connectivity index is 0.00000256. The second-order valence-corrected chi connectivity index (χ2v) is 5.88. The molecule has 2 nitrogen and oxygen atoms in total. The van der Waals surface area contributed by atoms with Crippen LogP contribution in [0.15, 0.2) is 18.2 Å². The van der Waals surface area contributed by atoms with Crippen molar-refractivity contribution in [1.29, 1.82) is 0 Å². The van der Waals surface area contributed by atoms with E-state index in [1.807, 2.05) is 32.3 Å². The standard InChI is InChI=1S/C13H21ClN2.ClH/c1-13(2,3)12(15)10-8-9(14)6-7-11(10)16(4)5;/h6-8,12H,15H2,1-5H3;1H/t12-;/m1./s1. The van der Waals surface area contributed by atoms with Crippen LogP contribution in [0.1, 0.15) is 32.4 Å². The van der Waals surface area contributed by atoms with Crippen molar-refractivity contribution in [2.75, 3.05) is 19.0 Å². The third kappa shape index (κ3) is 4.06. The molecule has 0 unspecified atom stereocenters. The molecule has 0 spiro atoms. The Labute approximate surface area is 116 Å². The van der Waals surface area contributed by atoms with Gasteiger partial charge in [0.1, 0.15) is 0 Å². The van der Waals surface area contributed by atoms with Crippen LogP contribution in [0.5, 0.6) is 0 Å². The first kappa shape index (κ1) is 16.6. The number of nitrogens with zero attached hydrogens (tertiary/aromatic N) is 1. The van der Waals surface area contributed by atoms with E-state index in [-0.39, 0.29) is 23.9 Å². The van der Waals surface area contributed by atoms with Crippen LogP contribution in [-0.2, 0) is 0 Å². The lowest BCUT2D eigenvalue weighted by Crippen LogP contribution is -2.28. The monoisotopic (exact) mass is 276 g/mol. The van der Waals surface area contributed by atoms with Crippen molar-refractivity contribution < 1.29 is 0 Å². The average molecular weight is 277 g/mol. The van der Waals surface area contributed by atoms with Gasteiger partial charge in [-0.1, -0.05) is 32.4 Å². The summed E-state index contributed by atoms with van der Waals surface area (Å²) in [5, 5.41) is 0.736. The van der Waals surface area contributed by atoms with Crippen molar-refractivity contribution in [1.82, 2.24) is 0 Å². The lowest BCUT2D eigenvalue weighted by molar-refractivity contribution is 0.327. The highest BCUT2D eigenvalue weighted by Gasteiger charge is 2.25. The van der Waals surface area contributed by atoms with E-state index >= 15 is 0 Å². The smallest absolute Gasteiger partial charge is 0.0410 e.